The van der Waals surface area contributed by atoms with Crippen LogP contribution in [0.3, 0.4) is 0 Å². The number of fused-ring (bicyclic) bond motifs is 1. The SMILES string of the molecule is COc1ccc2c(c1)CCCC2CC(=O)Nc1nc(CC(N)=O)cs1. The summed E-state index contributed by atoms with van der Waals surface area (Å²) in [6, 6.07) is 6.09. The number of hydrogen-bond donors (Lipinski definition) is 2. The number of nitrogens with two attached hydrogens (primary N) is 1. The molecule has 0 bridgehead atoms. The second kappa shape index (κ2) is 7.65. The first-order valence-electron chi connectivity index (χ1n) is 8.24. The molecule has 0 saturated heterocycles. The first-order valence-corrected chi connectivity index (χ1v) is 9.12. The number of thiazole rings is 1. The quantitative estimate of drug-likeness (QED) is 0.829. The fourth-order valence-electron chi connectivity index (χ4n) is 3.25. The minimum atomic E-state index is -0.433. The summed E-state index contributed by atoms with van der Waals surface area (Å²) in [6.07, 6.45) is 3.59. The van der Waals surface area contributed by atoms with Crippen LogP contribution in [0.2, 0.25) is 0 Å². The highest BCUT2D eigenvalue weighted by Gasteiger charge is 2.23. The lowest BCUT2D eigenvalue weighted by atomic mass is 9.81. The van der Waals surface area contributed by atoms with Crippen molar-refractivity contribution >= 4 is 28.3 Å². The number of anilines is 1. The summed E-state index contributed by atoms with van der Waals surface area (Å²) >= 11 is 1.31. The number of aromatic nitrogens is 1. The number of ether oxygens (including phenoxy) is 1. The predicted molar refractivity (Wildman–Crippen MR) is 96.9 cm³/mol. The lowest BCUT2D eigenvalue weighted by Crippen LogP contribution is -2.19. The third-order valence-electron chi connectivity index (χ3n) is 4.37. The molecule has 1 atom stereocenters. The number of hydrogen-bond acceptors (Lipinski definition) is 5. The van der Waals surface area contributed by atoms with E-state index in [9.17, 15) is 9.59 Å². The zero-order chi connectivity index (χ0) is 17.8. The van der Waals surface area contributed by atoms with E-state index in [4.69, 9.17) is 10.5 Å². The Balaban J connectivity index is 1.64. The molecular formula is C18H21N3O3S. The monoisotopic (exact) mass is 359 g/mol. The number of amides is 2. The van der Waals surface area contributed by atoms with Gasteiger partial charge in [-0.1, -0.05) is 6.07 Å². The van der Waals surface area contributed by atoms with Gasteiger partial charge in [0, 0.05) is 11.8 Å². The number of rotatable bonds is 6. The molecule has 0 fully saturated rings. The van der Waals surface area contributed by atoms with Crippen molar-refractivity contribution in [3.05, 3.63) is 40.4 Å². The number of methoxy groups -OCH3 is 1. The highest BCUT2D eigenvalue weighted by Crippen LogP contribution is 2.36. The van der Waals surface area contributed by atoms with Crippen molar-refractivity contribution in [2.75, 3.05) is 12.4 Å². The molecule has 6 nitrogen and oxygen atoms in total. The number of nitrogens with one attached hydrogen (secondary N) is 1. The van der Waals surface area contributed by atoms with Gasteiger partial charge in [0.15, 0.2) is 5.13 Å². The van der Waals surface area contributed by atoms with Crippen molar-refractivity contribution in [2.24, 2.45) is 5.73 Å². The molecule has 0 aliphatic heterocycles. The van der Waals surface area contributed by atoms with Crippen LogP contribution in [0.25, 0.3) is 0 Å². The summed E-state index contributed by atoms with van der Waals surface area (Å²) in [4.78, 5) is 27.5. The average molecular weight is 359 g/mol. The first-order chi connectivity index (χ1) is 12.0. The summed E-state index contributed by atoms with van der Waals surface area (Å²) in [6.45, 7) is 0. The van der Waals surface area contributed by atoms with Gasteiger partial charge in [-0.3, -0.25) is 9.59 Å². The van der Waals surface area contributed by atoms with Gasteiger partial charge < -0.3 is 15.8 Å². The van der Waals surface area contributed by atoms with E-state index in [1.165, 1.54) is 22.5 Å². The smallest absolute Gasteiger partial charge is 0.226 e. The Hall–Kier alpha value is -2.41. The van der Waals surface area contributed by atoms with Crippen molar-refractivity contribution in [2.45, 2.75) is 38.0 Å². The van der Waals surface area contributed by atoms with Gasteiger partial charge in [0.2, 0.25) is 11.8 Å². The Morgan fingerprint density at radius 2 is 2.28 bits per heavy atom. The van der Waals surface area contributed by atoms with Crippen molar-refractivity contribution in [1.82, 2.24) is 4.98 Å². The molecule has 3 rings (SSSR count). The third-order valence-corrected chi connectivity index (χ3v) is 5.18. The van der Waals surface area contributed by atoms with Crippen molar-refractivity contribution in [1.29, 1.82) is 0 Å². The van der Waals surface area contributed by atoms with Crippen molar-refractivity contribution in [3.63, 3.8) is 0 Å². The van der Waals surface area contributed by atoms with E-state index >= 15 is 0 Å². The largest absolute Gasteiger partial charge is 0.497 e. The Kier molecular flexibility index (Phi) is 5.33. The zero-order valence-electron chi connectivity index (χ0n) is 14.1. The summed E-state index contributed by atoms with van der Waals surface area (Å²) < 4.78 is 5.29. The summed E-state index contributed by atoms with van der Waals surface area (Å²) in [5.41, 5.74) is 8.24. The van der Waals surface area contributed by atoms with Crippen LogP contribution >= 0.6 is 11.3 Å². The van der Waals surface area contributed by atoms with E-state index in [1.807, 2.05) is 6.07 Å². The van der Waals surface area contributed by atoms with Gasteiger partial charge >= 0.3 is 0 Å². The number of carbonyl (C=O) groups excluding carboxylic acids is 2. The molecule has 1 unspecified atom stereocenters. The predicted octanol–water partition coefficient (Wildman–Crippen LogP) is 2.63. The molecule has 132 valence electrons. The van der Waals surface area contributed by atoms with Crippen LogP contribution in [0.4, 0.5) is 5.13 Å². The molecule has 1 aromatic heterocycles. The maximum absolute atomic E-state index is 12.4. The standard InChI is InChI=1S/C18H21N3O3S/c1-24-14-5-6-15-11(7-14)3-2-4-12(15)8-17(23)21-18-20-13(10-25-18)9-16(19)22/h5-7,10,12H,2-4,8-9H2,1H3,(H2,19,22)(H,20,21,23). The van der Waals surface area contributed by atoms with Crippen LogP contribution < -0.4 is 15.8 Å². The Bertz CT molecular complexity index is 788. The highest BCUT2D eigenvalue weighted by atomic mass is 32.1. The zero-order valence-corrected chi connectivity index (χ0v) is 14.9. The summed E-state index contributed by atoms with van der Waals surface area (Å²) in [5.74, 6) is 0.569. The van der Waals surface area contributed by atoms with Crippen LogP contribution in [0.1, 0.15) is 42.0 Å². The van der Waals surface area contributed by atoms with Gasteiger partial charge in [-0.25, -0.2) is 4.98 Å². The van der Waals surface area contributed by atoms with E-state index in [0.717, 1.165) is 25.0 Å². The Morgan fingerprint density at radius 1 is 1.44 bits per heavy atom. The molecular weight excluding hydrogens is 338 g/mol. The second-order valence-electron chi connectivity index (χ2n) is 6.19. The van der Waals surface area contributed by atoms with Crippen LogP contribution in [0, 0.1) is 0 Å². The normalized spacial score (nSPS) is 16.1. The summed E-state index contributed by atoms with van der Waals surface area (Å²) in [5, 5.41) is 5.07. The maximum atomic E-state index is 12.4. The fourth-order valence-corrected chi connectivity index (χ4v) is 3.97. The van der Waals surface area contributed by atoms with Gasteiger partial charge in [-0.05, 0) is 48.4 Å². The van der Waals surface area contributed by atoms with Crippen LogP contribution in [-0.4, -0.2) is 23.9 Å². The van der Waals surface area contributed by atoms with Gasteiger partial charge in [-0.2, -0.15) is 0 Å². The molecule has 25 heavy (non-hydrogen) atoms. The van der Waals surface area contributed by atoms with Crippen LogP contribution in [0.5, 0.6) is 5.75 Å². The number of carbonyl (C=O) groups is 2. The van der Waals surface area contributed by atoms with E-state index in [2.05, 4.69) is 22.4 Å². The molecule has 1 heterocycles. The second-order valence-corrected chi connectivity index (χ2v) is 7.05. The Labute approximate surface area is 150 Å². The molecule has 0 spiro atoms. The number of primary amides is 1. The number of nitrogens with zero attached hydrogens (tertiary/aromatic N) is 1. The topological polar surface area (TPSA) is 94.3 Å². The molecule has 3 N–H and O–H groups in total. The van der Waals surface area contributed by atoms with Crippen molar-refractivity contribution < 1.29 is 14.3 Å². The number of aryl methyl sites for hydroxylation is 1. The third kappa shape index (κ3) is 4.36. The molecule has 2 aromatic rings. The molecule has 1 aliphatic rings. The van der Waals surface area contributed by atoms with Gasteiger partial charge in [0.05, 0.1) is 19.2 Å². The van der Waals surface area contributed by atoms with Crippen molar-refractivity contribution in [3.8, 4) is 5.75 Å². The molecule has 0 saturated carbocycles. The van der Waals surface area contributed by atoms with Crippen LogP contribution in [0.15, 0.2) is 23.6 Å². The minimum Gasteiger partial charge on any atom is -0.497 e. The maximum Gasteiger partial charge on any atom is 0.226 e. The molecule has 1 aliphatic carbocycles. The molecule has 7 heteroatoms. The van der Waals surface area contributed by atoms with E-state index in [-0.39, 0.29) is 18.2 Å². The van der Waals surface area contributed by atoms with Gasteiger partial charge in [0.1, 0.15) is 5.75 Å². The van der Waals surface area contributed by atoms with E-state index in [1.54, 1.807) is 12.5 Å². The van der Waals surface area contributed by atoms with E-state index in [0.29, 0.717) is 17.2 Å². The minimum absolute atomic E-state index is 0.0614. The lowest BCUT2D eigenvalue weighted by Gasteiger charge is -2.25. The van der Waals surface area contributed by atoms with Gasteiger partial charge in [-0.15, -0.1) is 11.3 Å². The van der Waals surface area contributed by atoms with E-state index < -0.39 is 5.91 Å². The molecule has 0 radical (unpaired) electrons. The summed E-state index contributed by atoms with van der Waals surface area (Å²) in [7, 11) is 1.66. The fraction of sp³-hybridized carbons (Fsp3) is 0.389. The molecule has 2 amide bonds. The Morgan fingerprint density at radius 3 is 3.04 bits per heavy atom. The van der Waals surface area contributed by atoms with Crippen LogP contribution in [-0.2, 0) is 22.4 Å². The lowest BCUT2D eigenvalue weighted by molar-refractivity contribution is -0.117. The number of benzene rings is 1. The first kappa shape index (κ1) is 17.4. The molecule has 1 aromatic carbocycles. The average Bonchev–Trinajstić information content (AvgIpc) is 3.00. The van der Waals surface area contributed by atoms with Gasteiger partial charge in [0.25, 0.3) is 0 Å². The highest BCUT2D eigenvalue weighted by molar-refractivity contribution is 7.13.